The summed E-state index contributed by atoms with van der Waals surface area (Å²) < 4.78 is 11.7. The van der Waals surface area contributed by atoms with Gasteiger partial charge in [-0.1, -0.05) is 22.0 Å². The number of hydrogen-bond donors (Lipinski definition) is 2. The van der Waals surface area contributed by atoms with Crippen LogP contribution in [-0.4, -0.2) is 45.4 Å². The standard InChI is InChI=1S/C19H18BrN3O5/c1-19(2)27-10-13(28-19)5-4-12-8-22-16(9-21-12)17(24)23-15-6-3-11(20)7-14(15)18(25)26/h3-9,13H,10H2,1-2H3,(H,23,24)(H,25,26). The van der Waals surface area contributed by atoms with Crippen molar-refractivity contribution in [3.63, 3.8) is 0 Å². The van der Waals surface area contributed by atoms with Gasteiger partial charge in [0.1, 0.15) is 11.8 Å². The van der Waals surface area contributed by atoms with Crippen molar-refractivity contribution >= 4 is 39.6 Å². The van der Waals surface area contributed by atoms with E-state index in [1.54, 1.807) is 12.1 Å². The van der Waals surface area contributed by atoms with E-state index < -0.39 is 17.7 Å². The summed E-state index contributed by atoms with van der Waals surface area (Å²) in [7, 11) is 0. The van der Waals surface area contributed by atoms with Gasteiger partial charge in [-0.25, -0.2) is 9.78 Å². The maximum absolute atomic E-state index is 12.4. The minimum atomic E-state index is -1.15. The minimum Gasteiger partial charge on any atom is -0.478 e. The van der Waals surface area contributed by atoms with Gasteiger partial charge < -0.3 is 19.9 Å². The fraction of sp³-hybridized carbons (Fsp3) is 0.263. The van der Waals surface area contributed by atoms with Crippen LogP contribution in [0.3, 0.4) is 0 Å². The second-order valence-electron chi connectivity index (χ2n) is 6.50. The third-order valence-electron chi connectivity index (χ3n) is 3.88. The Labute approximate surface area is 169 Å². The van der Waals surface area contributed by atoms with Crippen LogP contribution in [0, 0.1) is 0 Å². The van der Waals surface area contributed by atoms with Gasteiger partial charge in [0.15, 0.2) is 5.79 Å². The molecule has 0 radical (unpaired) electrons. The molecule has 0 spiro atoms. The molecule has 2 N–H and O–H groups in total. The summed E-state index contributed by atoms with van der Waals surface area (Å²) in [5.41, 5.74) is 0.766. The van der Waals surface area contributed by atoms with Crippen LogP contribution in [0.2, 0.25) is 0 Å². The topological polar surface area (TPSA) is 111 Å². The molecule has 1 fully saturated rings. The van der Waals surface area contributed by atoms with E-state index in [0.29, 0.717) is 16.8 Å². The number of ether oxygens (including phenoxy) is 2. The summed E-state index contributed by atoms with van der Waals surface area (Å²) in [6, 6.07) is 4.55. The number of carboxylic acid groups (broad SMARTS) is 1. The average Bonchev–Trinajstić information content (AvgIpc) is 3.00. The predicted octanol–water partition coefficient (Wildman–Crippen LogP) is 3.35. The number of nitrogens with one attached hydrogen (secondary N) is 1. The number of aromatic nitrogens is 2. The molecule has 8 nitrogen and oxygen atoms in total. The molecule has 146 valence electrons. The molecule has 1 aromatic carbocycles. The van der Waals surface area contributed by atoms with Crippen molar-refractivity contribution in [1.29, 1.82) is 0 Å². The van der Waals surface area contributed by atoms with Crippen LogP contribution >= 0.6 is 15.9 Å². The van der Waals surface area contributed by atoms with Gasteiger partial charge in [-0.2, -0.15) is 0 Å². The highest BCUT2D eigenvalue weighted by molar-refractivity contribution is 9.10. The molecule has 2 aromatic rings. The molecular weight excluding hydrogens is 430 g/mol. The quantitative estimate of drug-likeness (QED) is 0.722. The van der Waals surface area contributed by atoms with Crippen molar-refractivity contribution in [2.24, 2.45) is 0 Å². The monoisotopic (exact) mass is 447 g/mol. The maximum Gasteiger partial charge on any atom is 0.337 e. The normalized spacial score (nSPS) is 18.3. The lowest BCUT2D eigenvalue weighted by atomic mass is 10.2. The molecular formula is C19H18BrN3O5. The summed E-state index contributed by atoms with van der Waals surface area (Å²) in [6.45, 7) is 4.14. The van der Waals surface area contributed by atoms with Crippen LogP contribution in [0.5, 0.6) is 0 Å². The molecule has 1 aromatic heterocycles. The second kappa shape index (κ2) is 8.17. The van der Waals surface area contributed by atoms with E-state index in [4.69, 9.17) is 9.47 Å². The molecule has 0 aliphatic carbocycles. The molecule has 28 heavy (non-hydrogen) atoms. The Morgan fingerprint density at radius 1 is 1.32 bits per heavy atom. The SMILES string of the molecule is CC1(C)OCC(C=Cc2cnc(C(=O)Nc3ccc(Br)cc3C(=O)O)cn2)O1. The van der Waals surface area contributed by atoms with Gasteiger partial charge in [0.05, 0.1) is 35.9 Å². The Morgan fingerprint density at radius 2 is 2.11 bits per heavy atom. The fourth-order valence-corrected chi connectivity index (χ4v) is 2.91. The number of carboxylic acids is 1. The first-order chi connectivity index (χ1) is 13.2. The van der Waals surface area contributed by atoms with E-state index in [1.165, 1.54) is 24.5 Å². The van der Waals surface area contributed by atoms with Crippen molar-refractivity contribution in [2.45, 2.75) is 25.7 Å². The van der Waals surface area contributed by atoms with E-state index in [-0.39, 0.29) is 23.0 Å². The third kappa shape index (κ3) is 5.00. The van der Waals surface area contributed by atoms with Gasteiger partial charge in [-0.15, -0.1) is 0 Å². The smallest absolute Gasteiger partial charge is 0.337 e. The molecule has 1 aliphatic rings. The van der Waals surface area contributed by atoms with Crippen LogP contribution in [0.15, 0.2) is 41.1 Å². The zero-order valence-corrected chi connectivity index (χ0v) is 16.8. The lowest BCUT2D eigenvalue weighted by molar-refractivity contribution is -0.133. The molecule has 1 unspecified atom stereocenters. The van der Waals surface area contributed by atoms with E-state index >= 15 is 0 Å². The van der Waals surface area contributed by atoms with Crippen LogP contribution < -0.4 is 5.32 Å². The van der Waals surface area contributed by atoms with Gasteiger partial charge >= 0.3 is 5.97 Å². The molecule has 0 bridgehead atoms. The summed E-state index contributed by atoms with van der Waals surface area (Å²) in [5, 5.41) is 11.8. The maximum atomic E-state index is 12.4. The van der Waals surface area contributed by atoms with E-state index in [1.807, 2.05) is 19.9 Å². The number of carbonyl (C=O) groups is 2. The van der Waals surface area contributed by atoms with Crippen molar-refractivity contribution in [3.8, 4) is 0 Å². The van der Waals surface area contributed by atoms with E-state index in [0.717, 1.165) is 0 Å². The van der Waals surface area contributed by atoms with Crippen LogP contribution in [0.1, 0.15) is 40.4 Å². The largest absolute Gasteiger partial charge is 0.478 e. The Morgan fingerprint density at radius 3 is 2.71 bits per heavy atom. The van der Waals surface area contributed by atoms with Crippen molar-refractivity contribution in [3.05, 3.63) is 58.1 Å². The molecule has 1 amide bonds. The van der Waals surface area contributed by atoms with E-state index in [9.17, 15) is 14.7 Å². The number of benzene rings is 1. The second-order valence-corrected chi connectivity index (χ2v) is 7.42. The fourth-order valence-electron chi connectivity index (χ4n) is 2.55. The highest BCUT2D eigenvalue weighted by Crippen LogP contribution is 2.23. The van der Waals surface area contributed by atoms with Crippen molar-refractivity contribution in [1.82, 2.24) is 9.97 Å². The Bertz CT molecular complexity index is 928. The van der Waals surface area contributed by atoms with Gasteiger partial charge in [0.2, 0.25) is 0 Å². The average molecular weight is 448 g/mol. The van der Waals surface area contributed by atoms with Gasteiger partial charge in [0, 0.05) is 4.47 Å². The lowest BCUT2D eigenvalue weighted by Crippen LogP contribution is -2.20. The van der Waals surface area contributed by atoms with Crippen LogP contribution in [0.25, 0.3) is 6.08 Å². The molecule has 1 atom stereocenters. The summed E-state index contributed by atoms with van der Waals surface area (Å²) in [6.07, 6.45) is 6.16. The molecule has 2 heterocycles. The molecule has 0 saturated carbocycles. The number of carbonyl (C=O) groups excluding carboxylic acids is 1. The van der Waals surface area contributed by atoms with E-state index in [2.05, 4.69) is 31.2 Å². The molecule has 9 heteroatoms. The molecule has 1 aliphatic heterocycles. The van der Waals surface area contributed by atoms with Gasteiger partial charge in [-0.05, 0) is 38.1 Å². The highest BCUT2D eigenvalue weighted by Gasteiger charge is 2.30. The highest BCUT2D eigenvalue weighted by atomic mass is 79.9. The number of halogens is 1. The molecule has 1 saturated heterocycles. The van der Waals surface area contributed by atoms with Crippen molar-refractivity contribution in [2.75, 3.05) is 11.9 Å². The number of nitrogens with zero attached hydrogens (tertiary/aromatic N) is 2. The number of rotatable bonds is 5. The van der Waals surface area contributed by atoms with Crippen LogP contribution in [0.4, 0.5) is 5.69 Å². The molecule has 3 rings (SSSR count). The zero-order chi connectivity index (χ0) is 20.3. The number of anilines is 1. The Hall–Kier alpha value is -2.62. The summed E-state index contributed by atoms with van der Waals surface area (Å²) in [4.78, 5) is 31.9. The van der Waals surface area contributed by atoms with Crippen molar-refractivity contribution < 1.29 is 24.2 Å². The first-order valence-electron chi connectivity index (χ1n) is 8.40. The number of hydrogen-bond acceptors (Lipinski definition) is 6. The third-order valence-corrected chi connectivity index (χ3v) is 4.37. The summed E-state index contributed by atoms with van der Waals surface area (Å²) >= 11 is 3.21. The predicted molar refractivity (Wildman–Crippen MR) is 105 cm³/mol. The first-order valence-corrected chi connectivity index (χ1v) is 9.19. The Kier molecular flexibility index (Phi) is 5.87. The minimum absolute atomic E-state index is 0.0306. The first kappa shape index (κ1) is 20.1. The Balaban J connectivity index is 1.67. The zero-order valence-electron chi connectivity index (χ0n) is 15.2. The van der Waals surface area contributed by atoms with Gasteiger partial charge in [0.25, 0.3) is 5.91 Å². The lowest BCUT2D eigenvalue weighted by Gasteiger charge is -2.15. The van der Waals surface area contributed by atoms with Gasteiger partial charge in [-0.3, -0.25) is 9.78 Å². The number of aromatic carboxylic acids is 1. The summed E-state index contributed by atoms with van der Waals surface area (Å²) in [5.74, 6) is -2.31. The van der Waals surface area contributed by atoms with Crippen LogP contribution in [-0.2, 0) is 9.47 Å². The number of amides is 1.